The molecule has 3 saturated heterocycles. The molecule has 0 unspecified atom stereocenters. The van der Waals surface area contributed by atoms with Gasteiger partial charge in [0, 0.05) is 50.6 Å². The Morgan fingerprint density at radius 1 is 1.12 bits per heavy atom. The zero-order valence-electron chi connectivity index (χ0n) is 21.9. The summed E-state index contributed by atoms with van der Waals surface area (Å²) in [5.74, 6) is -2.37. The van der Waals surface area contributed by atoms with Gasteiger partial charge in [0.05, 0.1) is 38.6 Å². The third-order valence-corrected chi connectivity index (χ3v) is 7.17. The van der Waals surface area contributed by atoms with Crippen molar-refractivity contribution in [1.29, 1.82) is 0 Å². The molecule has 41 heavy (non-hydrogen) atoms. The highest BCUT2D eigenvalue weighted by molar-refractivity contribution is 5.96. The Labute approximate surface area is 231 Å². The molecule has 16 heteroatoms. The number of fused-ring (bicyclic) bond motifs is 1. The Bertz CT molecular complexity index is 1440. The van der Waals surface area contributed by atoms with Crippen LogP contribution >= 0.6 is 0 Å². The fourth-order valence-corrected chi connectivity index (χ4v) is 5.22. The molecule has 2 aromatic heterocycles. The Kier molecular flexibility index (Phi) is 6.90. The summed E-state index contributed by atoms with van der Waals surface area (Å²) in [7, 11) is 1.41. The van der Waals surface area contributed by atoms with Crippen LogP contribution in [-0.4, -0.2) is 101 Å². The molecule has 5 heterocycles. The first-order valence-electron chi connectivity index (χ1n) is 12.9. The van der Waals surface area contributed by atoms with Gasteiger partial charge in [0.1, 0.15) is 17.8 Å². The van der Waals surface area contributed by atoms with Crippen LogP contribution in [0.3, 0.4) is 0 Å². The van der Waals surface area contributed by atoms with E-state index in [2.05, 4.69) is 15.6 Å². The number of hydrogen-bond acceptors (Lipinski definition) is 10. The maximum atomic E-state index is 15.3. The second-order valence-corrected chi connectivity index (χ2v) is 9.71. The summed E-state index contributed by atoms with van der Waals surface area (Å²) in [6.45, 7) is 1.37. The molecule has 1 N–H and O–H groups in total. The van der Waals surface area contributed by atoms with E-state index in [0.717, 1.165) is 12.1 Å². The van der Waals surface area contributed by atoms with Gasteiger partial charge in [0.2, 0.25) is 0 Å². The average Bonchev–Trinajstić information content (AvgIpc) is 3.73. The largest absolute Gasteiger partial charge is 0.468 e. The number of hydrogen-bond donors (Lipinski definition) is 1. The SMILES string of the molecule is COc1ccc(C(=O)N[C@H]2CN3CCN(c4c(F)cc(N5C[C@H](Cn6ccnn6)OC5=O)cc4F)CCN3C2=O)o1. The third kappa shape index (κ3) is 5.13. The quantitative estimate of drug-likeness (QED) is 0.434. The van der Waals surface area contributed by atoms with E-state index in [9.17, 15) is 14.4 Å². The molecule has 0 saturated carbocycles. The highest BCUT2D eigenvalue weighted by Crippen LogP contribution is 2.32. The summed E-state index contributed by atoms with van der Waals surface area (Å²) in [6.07, 6.45) is 1.84. The molecule has 3 fully saturated rings. The number of anilines is 2. The minimum atomic E-state index is -0.838. The molecular formula is C25H26F2N8O6. The number of aromatic nitrogens is 3. The van der Waals surface area contributed by atoms with Gasteiger partial charge in [-0.05, 0) is 6.07 Å². The van der Waals surface area contributed by atoms with Crippen LogP contribution in [-0.2, 0) is 16.1 Å². The van der Waals surface area contributed by atoms with Crippen LogP contribution in [0.1, 0.15) is 10.6 Å². The van der Waals surface area contributed by atoms with Crippen LogP contribution in [0, 0.1) is 11.6 Å². The number of rotatable bonds is 7. The molecule has 2 atom stereocenters. The summed E-state index contributed by atoms with van der Waals surface area (Å²) in [5.41, 5.74) is -0.205. The maximum Gasteiger partial charge on any atom is 0.414 e. The van der Waals surface area contributed by atoms with Crippen molar-refractivity contribution in [2.24, 2.45) is 0 Å². The lowest BCUT2D eigenvalue weighted by atomic mass is 10.2. The molecule has 3 amide bonds. The zero-order chi connectivity index (χ0) is 28.7. The van der Waals surface area contributed by atoms with Crippen LogP contribution < -0.4 is 19.9 Å². The number of carbonyl (C=O) groups is 3. The van der Waals surface area contributed by atoms with Crippen molar-refractivity contribution in [3.63, 3.8) is 0 Å². The monoisotopic (exact) mass is 572 g/mol. The standard InChI is InChI=1S/C25H26F2N8O6/c1-39-21-3-2-20(41-21)23(36)29-19-14-33-8-6-31(7-9-35(33)24(19)37)22-17(26)10-15(11-18(22)27)34-13-16(40-25(34)38)12-32-5-4-28-30-32/h2-5,10-11,16,19H,6-9,12-14H2,1H3,(H,29,36)/t16-,19-/m0/s1. The van der Waals surface area contributed by atoms with E-state index in [1.54, 1.807) is 11.2 Å². The molecule has 6 rings (SSSR count). The van der Waals surface area contributed by atoms with Gasteiger partial charge in [0.25, 0.3) is 17.8 Å². The van der Waals surface area contributed by atoms with Crippen LogP contribution in [0.25, 0.3) is 0 Å². The van der Waals surface area contributed by atoms with E-state index in [1.165, 1.54) is 44.9 Å². The lowest BCUT2D eigenvalue weighted by Gasteiger charge is -2.25. The molecule has 0 bridgehead atoms. The normalized spacial score (nSPS) is 21.2. The number of nitrogens with one attached hydrogen (secondary N) is 1. The predicted molar refractivity (Wildman–Crippen MR) is 136 cm³/mol. The number of carbonyl (C=O) groups excluding carboxylic acids is 3. The summed E-state index contributed by atoms with van der Waals surface area (Å²) < 4.78 is 47.7. The maximum absolute atomic E-state index is 15.3. The summed E-state index contributed by atoms with van der Waals surface area (Å²) in [5, 5.41) is 13.4. The number of furan rings is 1. The van der Waals surface area contributed by atoms with Gasteiger partial charge in [0.15, 0.2) is 17.4 Å². The van der Waals surface area contributed by atoms with Crippen molar-refractivity contribution >= 4 is 29.3 Å². The van der Waals surface area contributed by atoms with Crippen molar-refractivity contribution in [3.8, 4) is 5.95 Å². The van der Waals surface area contributed by atoms with Crippen LogP contribution in [0.4, 0.5) is 25.0 Å². The van der Waals surface area contributed by atoms with Gasteiger partial charge in [-0.2, -0.15) is 0 Å². The lowest BCUT2D eigenvalue weighted by Crippen LogP contribution is -2.44. The zero-order valence-corrected chi connectivity index (χ0v) is 21.9. The van der Waals surface area contributed by atoms with E-state index in [0.29, 0.717) is 0 Å². The number of nitrogens with zero attached hydrogens (tertiary/aromatic N) is 7. The summed E-state index contributed by atoms with van der Waals surface area (Å²) in [6, 6.07) is 4.35. The number of ether oxygens (including phenoxy) is 2. The molecule has 3 aliphatic heterocycles. The van der Waals surface area contributed by atoms with Crippen molar-refractivity contribution in [3.05, 3.63) is 54.1 Å². The molecule has 14 nitrogen and oxygen atoms in total. The summed E-state index contributed by atoms with van der Waals surface area (Å²) in [4.78, 5) is 40.7. The van der Waals surface area contributed by atoms with E-state index in [-0.39, 0.29) is 74.8 Å². The fraction of sp³-hybridized carbons (Fsp3) is 0.400. The molecule has 0 spiro atoms. The molecule has 0 aliphatic carbocycles. The molecule has 3 aliphatic rings. The lowest BCUT2D eigenvalue weighted by molar-refractivity contribution is -0.137. The van der Waals surface area contributed by atoms with Gasteiger partial charge < -0.3 is 24.1 Å². The second-order valence-electron chi connectivity index (χ2n) is 9.71. The van der Waals surface area contributed by atoms with Gasteiger partial charge in [-0.25, -0.2) is 23.3 Å². The Hall–Kier alpha value is -4.73. The molecular weight excluding hydrogens is 546 g/mol. The van der Waals surface area contributed by atoms with Crippen LogP contribution in [0.2, 0.25) is 0 Å². The van der Waals surface area contributed by atoms with Gasteiger partial charge in [-0.15, -0.1) is 5.10 Å². The molecule has 0 radical (unpaired) electrons. The van der Waals surface area contributed by atoms with Crippen molar-refractivity contribution in [2.75, 3.05) is 56.2 Å². The van der Waals surface area contributed by atoms with Crippen molar-refractivity contribution < 1.29 is 37.1 Å². The van der Waals surface area contributed by atoms with Crippen LogP contribution in [0.15, 0.2) is 41.1 Å². The first kappa shape index (κ1) is 26.5. The predicted octanol–water partition coefficient (Wildman–Crippen LogP) is 0.861. The highest BCUT2D eigenvalue weighted by atomic mass is 19.1. The minimum absolute atomic E-state index is 0.0141. The average molecular weight is 573 g/mol. The van der Waals surface area contributed by atoms with E-state index in [4.69, 9.17) is 13.9 Å². The third-order valence-electron chi connectivity index (χ3n) is 7.17. The molecule has 1 aromatic carbocycles. The molecule has 3 aromatic rings. The topological polar surface area (TPSA) is 139 Å². The number of methoxy groups -OCH3 is 1. The number of cyclic esters (lactones) is 1. The Balaban J connectivity index is 1.10. The van der Waals surface area contributed by atoms with E-state index < -0.39 is 35.8 Å². The summed E-state index contributed by atoms with van der Waals surface area (Å²) >= 11 is 0. The number of halogens is 2. The number of hydrazine groups is 1. The van der Waals surface area contributed by atoms with Crippen molar-refractivity contribution in [1.82, 2.24) is 30.3 Å². The Morgan fingerprint density at radius 3 is 2.61 bits per heavy atom. The fourth-order valence-electron chi connectivity index (χ4n) is 5.22. The smallest absolute Gasteiger partial charge is 0.414 e. The molecule has 216 valence electrons. The minimum Gasteiger partial charge on any atom is -0.468 e. The number of benzene rings is 1. The van der Waals surface area contributed by atoms with E-state index in [1.807, 2.05) is 0 Å². The number of amides is 3. The first-order valence-corrected chi connectivity index (χ1v) is 12.9. The first-order chi connectivity index (χ1) is 19.8. The van der Waals surface area contributed by atoms with Gasteiger partial charge in [-0.3, -0.25) is 19.5 Å². The second kappa shape index (κ2) is 10.7. The highest BCUT2D eigenvalue weighted by Gasteiger charge is 2.41. The van der Waals surface area contributed by atoms with Crippen LogP contribution in [0.5, 0.6) is 5.95 Å². The van der Waals surface area contributed by atoms with E-state index >= 15 is 8.78 Å². The Morgan fingerprint density at radius 2 is 1.90 bits per heavy atom. The van der Waals surface area contributed by atoms with Gasteiger partial charge >= 0.3 is 6.09 Å². The van der Waals surface area contributed by atoms with Gasteiger partial charge in [-0.1, -0.05) is 5.21 Å². The van der Waals surface area contributed by atoms with Crippen molar-refractivity contribution in [2.45, 2.75) is 18.7 Å².